The molecule has 0 aliphatic rings. The average Bonchev–Trinajstić information content (AvgIpc) is 2.28. The van der Waals surface area contributed by atoms with Crippen LogP contribution in [0.15, 0.2) is 18.2 Å². The Kier molecular flexibility index (Phi) is 5.63. The number of hydrogen-bond donors (Lipinski definition) is 1. The lowest BCUT2D eigenvalue weighted by Crippen LogP contribution is -2.21. The molecule has 90 valence electrons. The van der Waals surface area contributed by atoms with Crippen molar-refractivity contribution >= 4 is 10.8 Å². The molecule has 4 heteroatoms. The Balaban J connectivity index is 2.37. The minimum atomic E-state index is -0.731. The van der Waals surface area contributed by atoms with E-state index in [-0.39, 0.29) is 5.82 Å². The highest BCUT2D eigenvalue weighted by molar-refractivity contribution is 7.84. The van der Waals surface area contributed by atoms with Crippen LogP contribution < -0.4 is 5.32 Å². The van der Waals surface area contributed by atoms with Crippen LogP contribution in [0, 0.1) is 12.7 Å². The molecule has 1 N–H and O–H groups in total. The first-order valence-electron chi connectivity index (χ1n) is 5.44. The summed E-state index contributed by atoms with van der Waals surface area (Å²) in [6.45, 7) is 5.20. The molecular weight excluding hydrogens is 225 g/mol. The first-order valence-corrected chi connectivity index (χ1v) is 6.93. The number of aryl methyl sites for hydroxylation is 1. The van der Waals surface area contributed by atoms with E-state index < -0.39 is 10.8 Å². The van der Waals surface area contributed by atoms with Gasteiger partial charge in [0.2, 0.25) is 0 Å². The van der Waals surface area contributed by atoms with Crippen molar-refractivity contribution in [2.75, 3.05) is 18.1 Å². The van der Waals surface area contributed by atoms with E-state index in [2.05, 4.69) is 5.32 Å². The number of benzene rings is 1. The van der Waals surface area contributed by atoms with Gasteiger partial charge in [0.15, 0.2) is 0 Å². The van der Waals surface area contributed by atoms with Crippen molar-refractivity contribution in [1.29, 1.82) is 0 Å². The van der Waals surface area contributed by atoms with Crippen molar-refractivity contribution in [1.82, 2.24) is 5.32 Å². The average molecular weight is 243 g/mol. The van der Waals surface area contributed by atoms with Crippen molar-refractivity contribution in [3.8, 4) is 0 Å². The van der Waals surface area contributed by atoms with E-state index >= 15 is 0 Å². The van der Waals surface area contributed by atoms with Gasteiger partial charge in [0.05, 0.1) is 0 Å². The van der Waals surface area contributed by atoms with Gasteiger partial charge < -0.3 is 5.32 Å². The number of rotatable bonds is 6. The smallest absolute Gasteiger partial charge is 0.123 e. The summed E-state index contributed by atoms with van der Waals surface area (Å²) in [5, 5.41) is 3.18. The standard InChI is InChI=1S/C12H18FNOS/c1-3-16(15)7-6-14-9-11-8-12(13)5-4-10(11)2/h4-5,8,14H,3,6-7,9H2,1-2H3. The van der Waals surface area contributed by atoms with Crippen molar-refractivity contribution in [2.24, 2.45) is 0 Å². The normalized spacial score (nSPS) is 12.7. The van der Waals surface area contributed by atoms with Gasteiger partial charge in [0, 0.05) is 35.4 Å². The molecule has 1 rings (SSSR count). The predicted octanol–water partition coefficient (Wildman–Crippen LogP) is 1.99. The predicted molar refractivity (Wildman–Crippen MR) is 66.4 cm³/mol. The van der Waals surface area contributed by atoms with Crippen LogP contribution >= 0.6 is 0 Å². The van der Waals surface area contributed by atoms with Crippen LogP contribution in [0.3, 0.4) is 0 Å². The highest BCUT2D eigenvalue weighted by Crippen LogP contribution is 2.09. The highest BCUT2D eigenvalue weighted by atomic mass is 32.2. The van der Waals surface area contributed by atoms with Crippen LogP contribution in [0.5, 0.6) is 0 Å². The Bertz CT molecular complexity index is 368. The third-order valence-electron chi connectivity index (χ3n) is 2.46. The third-order valence-corrected chi connectivity index (χ3v) is 3.76. The Morgan fingerprint density at radius 2 is 2.19 bits per heavy atom. The van der Waals surface area contributed by atoms with Gasteiger partial charge in [-0.15, -0.1) is 0 Å². The molecule has 2 nitrogen and oxygen atoms in total. The van der Waals surface area contributed by atoms with E-state index in [9.17, 15) is 8.60 Å². The summed E-state index contributed by atoms with van der Waals surface area (Å²) in [7, 11) is -0.731. The summed E-state index contributed by atoms with van der Waals surface area (Å²) in [5.74, 6) is 1.14. The Labute approximate surface area is 98.7 Å². The van der Waals surface area contributed by atoms with Gasteiger partial charge in [0.25, 0.3) is 0 Å². The Morgan fingerprint density at radius 1 is 1.44 bits per heavy atom. The van der Waals surface area contributed by atoms with Gasteiger partial charge in [-0.3, -0.25) is 4.21 Å². The summed E-state index contributed by atoms with van der Waals surface area (Å²) >= 11 is 0. The molecule has 0 saturated heterocycles. The molecule has 0 heterocycles. The molecular formula is C12H18FNOS. The van der Waals surface area contributed by atoms with Crippen LogP contribution in [-0.4, -0.2) is 22.3 Å². The van der Waals surface area contributed by atoms with Crippen molar-refractivity contribution in [3.63, 3.8) is 0 Å². The quantitative estimate of drug-likeness (QED) is 0.774. The summed E-state index contributed by atoms with van der Waals surface area (Å²) in [4.78, 5) is 0. The second-order valence-corrected chi connectivity index (χ2v) is 5.55. The van der Waals surface area contributed by atoms with Gasteiger partial charge in [-0.05, 0) is 30.2 Å². The minimum absolute atomic E-state index is 0.209. The number of hydrogen-bond acceptors (Lipinski definition) is 2. The maximum atomic E-state index is 13.0. The molecule has 0 spiro atoms. The van der Waals surface area contributed by atoms with Crippen LogP contribution in [0.1, 0.15) is 18.1 Å². The molecule has 0 radical (unpaired) electrons. The van der Waals surface area contributed by atoms with E-state index in [1.807, 2.05) is 13.8 Å². The fourth-order valence-electron chi connectivity index (χ4n) is 1.38. The molecule has 0 aliphatic carbocycles. The first-order chi connectivity index (χ1) is 7.63. The fourth-order valence-corrected chi connectivity index (χ4v) is 2.04. The molecule has 0 aliphatic heterocycles. The summed E-state index contributed by atoms with van der Waals surface area (Å²) in [6.07, 6.45) is 0. The molecule has 0 fully saturated rings. The van der Waals surface area contributed by atoms with Crippen LogP contribution in [0.4, 0.5) is 4.39 Å². The van der Waals surface area contributed by atoms with Gasteiger partial charge >= 0.3 is 0 Å². The molecule has 0 amide bonds. The summed E-state index contributed by atoms with van der Waals surface area (Å²) in [6, 6.07) is 4.78. The lowest BCUT2D eigenvalue weighted by molar-refractivity contribution is 0.620. The zero-order chi connectivity index (χ0) is 12.0. The molecule has 1 atom stereocenters. The molecule has 1 aromatic carbocycles. The van der Waals surface area contributed by atoms with E-state index in [0.717, 1.165) is 11.1 Å². The number of halogens is 1. The maximum absolute atomic E-state index is 13.0. The topological polar surface area (TPSA) is 29.1 Å². The molecule has 0 saturated carbocycles. The lowest BCUT2D eigenvalue weighted by atomic mass is 10.1. The summed E-state index contributed by atoms with van der Waals surface area (Å²) < 4.78 is 24.1. The van der Waals surface area contributed by atoms with Crippen molar-refractivity contribution in [2.45, 2.75) is 20.4 Å². The van der Waals surface area contributed by atoms with Crippen molar-refractivity contribution < 1.29 is 8.60 Å². The van der Waals surface area contributed by atoms with Crippen molar-refractivity contribution in [3.05, 3.63) is 35.1 Å². The number of nitrogens with one attached hydrogen (secondary N) is 1. The maximum Gasteiger partial charge on any atom is 0.123 e. The zero-order valence-corrected chi connectivity index (χ0v) is 10.6. The van der Waals surface area contributed by atoms with Crippen LogP contribution in [0.2, 0.25) is 0 Å². The largest absolute Gasteiger partial charge is 0.312 e. The molecule has 0 bridgehead atoms. The monoisotopic (exact) mass is 243 g/mol. The van der Waals surface area contributed by atoms with Gasteiger partial charge in [-0.1, -0.05) is 13.0 Å². The van der Waals surface area contributed by atoms with E-state index in [1.54, 1.807) is 12.1 Å². The van der Waals surface area contributed by atoms with Crippen LogP contribution in [-0.2, 0) is 17.3 Å². The second-order valence-electron chi connectivity index (χ2n) is 3.68. The van der Waals surface area contributed by atoms with E-state index in [1.165, 1.54) is 6.07 Å². The van der Waals surface area contributed by atoms with Gasteiger partial charge in [0.1, 0.15) is 5.82 Å². The molecule has 0 aromatic heterocycles. The Morgan fingerprint density at radius 3 is 2.88 bits per heavy atom. The lowest BCUT2D eigenvalue weighted by Gasteiger charge is -2.07. The zero-order valence-electron chi connectivity index (χ0n) is 9.75. The minimum Gasteiger partial charge on any atom is -0.312 e. The van der Waals surface area contributed by atoms with Gasteiger partial charge in [-0.2, -0.15) is 0 Å². The second kappa shape index (κ2) is 6.76. The summed E-state index contributed by atoms with van der Waals surface area (Å²) in [5.41, 5.74) is 2.03. The first kappa shape index (κ1) is 13.3. The van der Waals surface area contributed by atoms with Crippen LogP contribution in [0.25, 0.3) is 0 Å². The Hall–Kier alpha value is -0.740. The van der Waals surface area contributed by atoms with E-state index in [0.29, 0.717) is 24.6 Å². The molecule has 1 aromatic rings. The fraction of sp³-hybridized carbons (Fsp3) is 0.500. The highest BCUT2D eigenvalue weighted by Gasteiger charge is 2.00. The SMILES string of the molecule is CCS(=O)CCNCc1cc(F)ccc1C. The van der Waals surface area contributed by atoms with E-state index in [4.69, 9.17) is 0 Å². The third kappa shape index (κ3) is 4.41. The molecule has 16 heavy (non-hydrogen) atoms. The van der Waals surface area contributed by atoms with Gasteiger partial charge in [-0.25, -0.2) is 4.39 Å². The molecule has 1 unspecified atom stereocenters.